The van der Waals surface area contributed by atoms with Gasteiger partial charge in [0.05, 0.1) is 5.52 Å². The number of aromatic nitrogens is 1. The Kier molecular flexibility index (Phi) is 3.74. The number of rotatable bonds is 3. The van der Waals surface area contributed by atoms with Crippen molar-refractivity contribution in [2.45, 2.75) is 44.2 Å². The molecule has 0 spiro atoms. The molecule has 0 bridgehead atoms. The maximum absolute atomic E-state index is 12.6. The van der Waals surface area contributed by atoms with Crippen LogP contribution in [-0.4, -0.2) is 15.6 Å². The van der Waals surface area contributed by atoms with E-state index in [2.05, 4.69) is 6.07 Å². The first-order chi connectivity index (χ1) is 13.0. The minimum Gasteiger partial charge on any atom is -0.477 e. The summed E-state index contributed by atoms with van der Waals surface area (Å²) in [5.41, 5.74) is 8.94. The van der Waals surface area contributed by atoms with Crippen molar-refractivity contribution in [2.24, 2.45) is 5.73 Å². The molecule has 3 N–H and O–H groups in total. The van der Waals surface area contributed by atoms with Gasteiger partial charge in [0.1, 0.15) is 5.56 Å². The summed E-state index contributed by atoms with van der Waals surface area (Å²) in [5, 5.41) is 9.85. The number of fused-ring (bicyclic) bond motifs is 2. The van der Waals surface area contributed by atoms with Crippen molar-refractivity contribution in [2.75, 3.05) is 0 Å². The summed E-state index contributed by atoms with van der Waals surface area (Å²) >= 11 is 1.74. The molecule has 1 atom stereocenters. The van der Waals surface area contributed by atoms with E-state index in [1.54, 1.807) is 17.4 Å². The van der Waals surface area contributed by atoms with Crippen LogP contribution in [0.3, 0.4) is 0 Å². The molecule has 6 heteroatoms. The summed E-state index contributed by atoms with van der Waals surface area (Å²) in [6, 6.07) is 8.36. The zero-order chi connectivity index (χ0) is 18.7. The van der Waals surface area contributed by atoms with Gasteiger partial charge in [-0.2, -0.15) is 0 Å². The third-order valence-electron chi connectivity index (χ3n) is 5.63. The Morgan fingerprint density at radius 1 is 1.22 bits per heavy atom. The lowest BCUT2D eigenvalue weighted by Crippen LogP contribution is -2.18. The van der Waals surface area contributed by atoms with E-state index in [9.17, 15) is 14.7 Å². The van der Waals surface area contributed by atoms with Gasteiger partial charge in [0.25, 0.3) is 0 Å². The number of carboxylic acids is 1. The van der Waals surface area contributed by atoms with Crippen molar-refractivity contribution in [3.05, 3.63) is 56.7 Å². The highest BCUT2D eigenvalue weighted by Crippen LogP contribution is 2.41. The quantitative estimate of drug-likeness (QED) is 0.716. The zero-order valence-corrected chi connectivity index (χ0v) is 15.6. The summed E-state index contributed by atoms with van der Waals surface area (Å²) < 4.78 is 1.98. The van der Waals surface area contributed by atoms with Crippen molar-refractivity contribution < 1.29 is 9.90 Å². The van der Waals surface area contributed by atoms with Crippen LogP contribution in [0.2, 0.25) is 0 Å². The van der Waals surface area contributed by atoms with Crippen LogP contribution in [0.4, 0.5) is 0 Å². The Hall–Kier alpha value is -2.44. The minimum atomic E-state index is -1.17. The van der Waals surface area contributed by atoms with Gasteiger partial charge in [-0.05, 0) is 61.4 Å². The Morgan fingerprint density at radius 2 is 2.04 bits per heavy atom. The van der Waals surface area contributed by atoms with Crippen molar-refractivity contribution in [3.63, 3.8) is 0 Å². The number of benzene rings is 1. The standard InChI is InChI=1S/C21H20N2O3S/c22-16-3-1-2-12-9-18(27-20(12)16)11-4-7-14-17(8-11)23(13-5-6-13)10-15(19(14)24)21(25)26/h4,7-10,13,16H,1-3,5-6,22H2,(H,25,26). The van der Waals surface area contributed by atoms with Gasteiger partial charge in [-0.25, -0.2) is 4.79 Å². The molecule has 5 rings (SSSR count). The Labute approximate surface area is 160 Å². The number of nitrogens with zero attached hydrogens (tertiary/aromatic N) is 1. The molecular formula is C21H20N2O3S. The molecule has 1 aromatic carbocycles. The third kappa shape index (κ3) is 2.71. The van der Waals surface area contributed by atoms with Crippen LogP contribution in [0.1, 0.15) is 58.6 Å². The molecule has 5 nitrogen and oxygen atoms in total. The number of nitrogens with two attached hydrogens (primary N) is 1. The second kappa shape index (κ2) is 6.04. The van der Waals surface area contributed by atoms with Crippen LogP contribution in [0.25, 0.3) is 21.3 Å². The maximum atomic E-state index is 12.6. The van der Waals surface area contributed by atoms with E-state index in [4.69, 9.17) is 5.73 Å². The number of pyridine rings is 1. The molecular weight excluding hydrogens is 360 g/mol. The fourth-order valence-electron chi connectivity index (χ4n) is 4.05. The third-order valence-corrected chi connectivity index (χ3v) is 6.99. The van der Waals surface area contributed by atoms with Gasteiger partial charge in [0, 0.05) is 33.4 Å². The summed E-state index contributed by atoms with van der Waals surface area (Å²) in [7, 11) is 0. The molecule has 1 saturated carbocycles. The molecule has 0 saturated heterocycles. The molecule has 2 aromatic heterocycles. The van der Waals surface area contributed by atoms with Crippen LogP contribution >= 0.6 is 11.3 Å². The minimum absolute atomic E-state index is 0.121. The Morgan fingerprint density at radius 3 is 2.74 bits per heavy atom. The summed E-state index contributed by atoms with van der Waals surface area (Å²) in [6.45, 7) is 0. The number of aryl methyl sites for hydroxylation is 1. The number of thiophene rings is 1. The topological polar surface area (TPSA) is 85.3 Å². The van der Waals surface area contributed by atoms with Crippen molar-refractivity contribution in [1.82, 2.24) is 4.57 Å². The van der Waals surface area contributed by atoms with Crippen molar-refractivity contribution in [3.8, 4) is 10.4 Å². The predicted octanol–water partition coefficient (Wildman–Crippen LogP) is 4.10. The molecule has 2 aliphatic carbocycles. The van der Waals surface area contributed by atoms with E-state index in [0.717, 1.165) is 48.1 Å². The van der Waals surface area contributed by atoms with Crippen molar-refractivity contribution in [1.29, 1.82) is 0 Å². The molecule has 2 heterocycles. The van der Waals surface area contributed by atoms with Crippen LogP contribution in [0.15, 0.2) is 35.3 Å². The fourth-order valence-corrected chi connectivity index (χ4v) is 5.29. The highest BCUT2D eigenvalue weighted by molar-refractivity contribution is 7.15. The largest absolute Gasteiger partial charge is 0.477 e. The molecule has 1 fully saturated rings. The molecule has 138 valence electrons. The number of hydrogen-bond donors (Lipinski definition) is 2. The molecule has 0 aliphatic heterocycles. The Bertz CT molecular complexity index is 1140. The second-order valence-electron chi connectivity index (χ2n) is 7.55. The van der Waals surface area contributed by atoms with Gasteiger partial charge >= 0.3 is 5.97 Å². The monoisotopic (exact) mass is 380 g/mol. The molecule has 27 heavy (non-hydrogen) atoms. The molecule has 0 radical (unpaired) electrons. The van der Waals surface area contributed by atoms with E-state index >= 15 is 0 Å². The number of hydrogen-bond acceptors (Lipinski definition) is 4. The predicted molar refractivity (Wildman–Crippen MR) is 107 cm³/mol. The summed E-state index contributed by atoms with van der Waals surface area (Å²) in [5.74, 6) is -1.17. The van der Waals surface area contributed by atoms with Crippen LogP contribution in [0.5, 0.6) is 0 Å². The molecule has 2 aliphatic rings. The lowest BCUT2D eigenvalue weighted by atomic mass is 9.95. The molecule has 3 aromatic rings. The maximum Gasteiger partial charge on any atom is 0.341 e. The summed E-state index contributed by atoms with van der Waals surface area (Å²) in [6.07, 6.45) is 6.78. The lowest BCUT2D eigenvalue weighted by Gasteiger charge is -2.17. The first-order valence-corrected chi connectivity index (χ1v) is 10.2. The van der Waals surface area contributed by atoms with Crippen LogP contribution in [0, 0.1) is 0 Å². The zero-order valence-electron chi connectivity index (χ0n) is 14.8. The van der Waals surface area contributed by atoms with Crippen LogP contribution in [-0.2, 0) is 6.42 Å². The van der Waals surface area contributed by atoms with Gasteiger partial charge < -0.3 is 15.4 Å². The van der Waals surface area contributed by atoms with Gasteiger partial charge in [-0.1, -0.05) is 6.07 Å². The smallest absolute Gasteiger partial charge is 0.341 e. The van der Waals surface area contributed by atoms with Crippen LogP contribution < -0.4 is 11.2 Å². The van der Waals surface area contributed by atoms with E-state index in [1.807, 2.05) is 16.7 Å². The normalized spacial score (nSPS) is 19.2. The van der Waals surface area contributed by atoms with E-state index in [-0.39, 0.29) is 17.6 Å². The first kappa shape index (κ1) is 16.7. The number of aromatic carboxylic acids is 1. The highest BCUT2D eigenvalue weighted by Gasteiger charge is 2.27. The van der Waals surface area contributed by atoms with E-state index in [1.165, 1.54) is 16.6 Å². The molecule has 0 amide bonds. The molecule has 1 unspecified atom stereocenters. The summed E-state index contributed by atoms with van der Waals surface area (Å²) in [4.78, 5) is 26.5. The lowest BCUT2D eigenvalue weighted by molar-refractivity contribution is 0.0695. The highest BCUT2D eigenvalue weighted by atomic mass is 32.1. The number of carbonyl (C=O) groups is 1. The van der Waals surface area contributed by atoms with Gasteiger partial charge in [-0.15, -0.1) is 11.3 Å². The Balaban J connectivity index is 1.70. The number of carboxylic acid groups (broad SMARTS) is 1. The van der Waals surface area contributed by atoms with Gasteiger partial charge in [-0.3, -0.25) is 4.79 Å². The van der Waals surface area contributed by atoms with E-state index in [0.29, 0.717) is 5.39 Å². The second-order valence-corrected chi connectivity index (χ2v) is 8.63. The van der Waals surface area contributed by atoms with Gasteiger partial charge in [0.2, 0.25) is 5.43 Å². The van der Waals surface area contributed by atoms with E-state index < -0.39 is 11.4 Å². The average Bonchev–Trinajstić information content (AvgIpc) is 3.39. The van der Waals surface area contributed by atoms with Crippen molar-refractivity contribution >= 4 is 28.2 Å². The SMILES string of the molecule is NC1CCCc2cc(-c3ccc4c(=O)c(C(=O)O)cn(C5CC5)c4c3)sc21. The first-order valence-electron chi connectivity index (χ1n) is 9.33. The fraction of sp³-hybridized carbons (Fsp3) is 0.333. The van der Waals surface area contributed by atoms with Gasteiger partial charge in [0.15, 0.2) is 0 Å². The average molecular weight is 380 g/mol.